The van der Waals surface area contributed by atoms with Crippen molar-refractivity contribution >= 4 is 11.8 Å². The van der Waals surface area contributed by atoms with Gasteiger partial charge in [0.2, 0.25) is 0 Å². The molecule has 0 aromatic heterocycles. The molecule has 0 bridgehead atoms. The number of benzene rings is 1. The van der Waals surface area contributed by atoms with Crippen LogP contribution in [0, 0.1) is 0 Å². The second kappa shape index (κ2) is 8.71. The summed E-state index contributed by atoms with van der Waals surface area (Å²) in [4.78, 5) is 0. The van der Waals surface area contributed by atoms with E-state index in [0.717, 1.165) is 6.54 Å². The van der Waals surface area contributed by atoms with E-state index >= 15 is 0 Å². The van der Waals surface area contributed by atoms with Crippen LogP contribution in [-0.4, -0.2) is 15.8 Å². The minimum atomic E-state index is 0.612. The lowest BCUT2D eigenvalue weighted by molar-refractivity contribution is 0.167. The maximum absolute atomic E-state index is 3.73. The lowest BCUT2D eigenvalue weighted by Gasteiger charge is -2.23. The highest BCUT2D eigenvalue weighted by Crippen LogP contribution is 2.33. The topological polar surface area (TPSA) is 15.3 Å². The molecular weight excluding hydrogens is 264 g/mol. The average Bonchev–Trinajstić information content (AvgIpc) is 2.86. The molecule has 0 aliphatic carbocycles. The molecule has 0 amide bonds. The standard InChI is InChI=1S/C17H28N2S/c1-3-5-12-16-18-19(17(20-16)13-6-4-2)14-15-10-8-7-9-11-15/h7-11,16-18H,3-6,12-14H2,1-2H3. The van der Waals surface area contributed by atoms with Gasteiger partial charge in [-0.3, -0.25) is 0 Å². The van der Waals surface area contributed by atoms with Crippen LogP contribution in [0.4, 0.5) is 0 Å². The van der Waals surface area contributed by atoms with Crippen LogP contribution in [0.2, 0.25) is 0 Å². The first-order valence-corrected chi connectivity index (χ1v) is 9.00. The maximum Gasteiger partial charge on any atom is 0.0716 e. The zero-order valence-corrected chi connectivity index (χ0v) is 13.7. The summed E-state index contributed by atoms with van der Waals surface area (Å²) in [7, 11) is 0. The zero-order valence-electron chi connectivity index (χ0n) is 12.8. The first-order valence-electron chi connectivity index (χ1n) is 8.05. The van der Waals surface area contributed by atoms with Crippen LogP contribution in [0.15, 0.2) is 30.3 Å². The van der Waals surface area contributed by atoms with Crippen molar-refractivity contribution in [3.05, 3.63) is 35.9 Å². The predicted octanol–water partition coefficient (Wildman–Crippen LogP) is 4.77. The smallest absolute Gasteiger partial charge is 0.0716 e. The molecule has 1 aromatic carbocycles. The molecule has 2 unspecified atom stereocenters. The number of hydrogen-bond donors (Lipinski definition) is 1. The fourth-order valence-electron chi connectivity index (χ4n) is 2.61. The molecule has 0 saturated carbocycles. The highest BCUT2D eigenvalue weighted by atomic mass is 32.2. The van der Waals surface area contributed by atoms with Crippen LogP contribution in [0.3, 0.4) is 0 Å². The van der Waals surface area contributed by atoms with Gasteiger partial charge in [0.05, 0.1) is 10.7 Å². The number of unbranched alkanes of at least 4 members (excludes halogenated alkanes) is 2. The molecule has 20 heavy (non-hydrogen) atoms. The van der Waals surface area contributed by atoms with Crippen molar-refractivity contribution in [2.75, 3.05) is 0 Å². The molecule has 1 saturated heterocycles. The number of hydrazine groups is 1. The molecule has 2 nitrogen and oxygen atoms in total. The number of rotatable bonds is 8. The third-order valence-electron chi connectivity index (χ3n) is 3.80. The van der Waals surface area contributed by atoms with Crippen molar-refractivity contribution in [2.45, 2.75) is 69.7 Å². The highest BCUT2D eigenvalue weighted by Gasteiger charge is 2.31. The van der Waals surface area contributed by atoms with Gasteiger partial charge in [-0.1, -0.05) is 69.9 Å². The highest BCUT2D eigenvalue weighted by molar-refractivity contribution is 8.00. The summed E-state index contributed by atoms with van der Waals surface area (Å²) >= 11 is 2.13. The molecule has 1 heterocycles. The summed E-state index contributed by atoms with van der Waals surface area (Å²) in [6.45, 7) is 5.57. The molecule has 3 heteroatoms. The zero-order chi connectivity index (χ0) is 14.2. The van der Waals surface area contributed by atoms with Crippen LogP contribution in [0.25, 0.3) is 0 Å². The molecular formula is C17H28N2S. The van der Waals surface area contributed by atoms with E-state index in [1.807, 2.05) is 0 Å². The van der Waals surface area contributed by atoms with Gasteiger partial charge in [0, 0.05) is 6.54 Å². The van der Waals surface area contributed by atoms with Crippen LogP contribution in [0.1, 0.15) is 57.9 Å². The second-order valence-electron chi connectivity index (χ2n) is 5.61. The average molecular weight is 292 g/mol. The maximum atomic E-state index is 3.73. The van der Waals surface area contributed by atoms with Gasteiger partial charge < -0.3 is 0 Å². The van der Waals surface area contributed by atoms with Crippen LogP contribution >= 0.6 is 11.8 Å². The Kier molecular flexibility index (Phi) is 6.91. The Morgan fingerprint density at radius 3 is 2.45 bits per heavy atom. The molecule has 1 N–H and O–H groups in total. The predicted molar refractivity (Wildman–Crippen MR) is 89.3 cm³/mol. The molecule has 112 valence electrons. The minimum Gasteiger partial charge on any atom is -0.241 e. The summed E-state index contributed by atoms with van der Waals surface area (Å²) in [5.74, 6) is 0. The van der Waals surface area contributed by atoms with Gasteiger partial charge >= 0.3 is 0 Å². The van der Waals surface area contributed by atoms with E-state index in [0.29, 0.717) is 10.7 Å². The summed E-state index contributed by atoms with van der Waals surface area (Å²) in [5.41, 5.74) is 5.13. The number of thioether (sulfide) groups is 1. The Bertz CT molecular complexity index is 369. The van der Waals surface area contributed by atoms with E-state index in [2.05, 4.69) is 66.4 Å². The molecule has 0 spiro atoms. The third-order valence-corrected chi connectivity index (χ3v) is 5.27. The van der Waals surface area contributed by atoms with Crippen molar-refractivity contribution in [2.24, 2.45) is 0 Å². The van der Waals surface area contributed by atoms with E-state index in [9.17, 15) is 0 Å². The van der Waals surface area contributed by atoms with Crippen molar-refractivity contribution in [3.8, 4) is 0 Å². The quantitative estimate of drug-likeness (QED) is 0.743. The first kappa shape index (κ1) is 15.9. The third kappa shape index (κ3) is 4.80. The fourth-order valence-corrected chi connectivity index (χ4v) is 4.08. The minimum absolute atomic E-state index is 0.612. The van der Waals surface area contributed by atoms with Gasteiger partial charge in [-0.25, -0.2) is 10.4 Å². The molecule has 1 aliphatic rings. The van der Waals surface area contributed by atoms with E-state index < -0.39 is 0 Å². The lowest BCUT2D eigenvalue weighted by Crippen LogP contribution is -2.38. The van der Waals surface area contributed by atoms with Gasteiger partial charge in [-0.15, -0.1) is 11.8 Å². The molecule has 2 rings (SSSR count). The van der Waals surface area contributed by atoms with Crippen LogP contribution in [0.5, 0.6) is 0 Å². The molecule has 1 aromatic rings. The van der Waals surface area contributed by atoms with Crippen LogP contribution in [-0.2, 0) is 6.54 Å². The van der Waals surface area contributed by atoms with Gasteiger partial charge in [0.15, 0.2) is 0 Å². The Morgan fingerprint density at radius 1 is 1.05 bits per heavy atom. The lowest BCUT2D eigenvalue weighted by atomic mass is 10.2. The number of nitrogens with one attached hydrogen (secondary N) is 1. The SMILES string of the molecule is CCCCC1NN(Cc2ccccc2)C(CCCC)S1. The Morgan fingerprint density at radius 2 is 1.75 bits per heavy atom. The Hall–Kier alpha value is -0.510. The van der Waals surface area contributed by atoms with Crippen molar-refractivity contribution in [1.29, 1.82) is 0 Å². The van der Waals surface area contributed by atoms with Crippen molar-refractivity contribution < 1.29 is 0 Å². The van der Waals surface area contributed by atoms with Gasteiger partial charge in [-0.05, 0) is 18.4 Å². The molecule has 1 aliphatic heterocycles. The Labute approximate surface area is 128 Å². The Balaban J connectivity index is 1.92. The van der Waals surface area contributed by atoms with Gasteiger partial charge in [-0.2, -0.15) is 0 Å². The largest absolute Gasteiger partial charge is 0.241 e. The van der Waals surface area contributed by atoms with E-state index in [1.165, 1.54) is 44.1 Å². The first-order chi connectivity index (χ1) is 9.83. The fraction of sp³-hybridized carbons (Fsp3) is 0.647. The van der Waals surface area contributed by atoms with Crippen molar-refractivity contribution in [1.82, 2.24) is 10.4 Å². The second-order valence-corrected chi connectivity index (χ2v) is 6.99. The summed E-state index contributed by atoms with van der Waals surface area (Å²) in [6, 6.07) is 10.8. The molecule has 0 radical (unpaired) electrons. The van der Waals surface area contributed by atoms with Gasteiger partial charge in [0.25, 0.3) is 0 Å². The monoisotopic (exact) mass is 292 g/mol. The summed E-state index contributed by atoms with van der Waals surface area (Å²) < 4.78 is 0. The summed E-state index contributed by atoms with van der Waals surface area (Å²) in [6.07, 6.45) is 7.81. The number of hydrogen-bond acceptors (Lipinski definition) is 3. The number of nitrogens with zero attached hydrogens (tertiary/aromatic N) is 1. The van der Waals surface area contributed by atoms with Crippen molar-refractivity contribution in [3.63, 3.8) is 0 Å². The van der Waals surface area contributed by atoms with E-state index in [-0.39, 0.29) is 0 Å². The molecule has 2 atom stereocenters. The molecule has 1 fully saturated rings. The van der Waals surface area contributed by atoms with Gasteiger partial charge in [0.1, 0.15) is 0 Å². The normalized spacial score (nSPS) is 23.3. The van der Waals surface area contributed by atoms with E-state index in [4.69, 9.17) is 0 Å². The summed E-state index contributed by atoms with van der Waals surface area (Å²) in [5, 5.41) is 3.72. The van der Waals surface area contributed by atoms with Crippen LogP contribution < -0.4 is 5.43 Å². The van der Waals surface area contributed by atoms with E-state index in [1.54, 1.807) is 0 Å².